The summed E-state index contributed by atoms with van der Waals surface area (Å²) >= 11 is 0. The van der Waals surface area contributed by atoms with Gasteiger partial charge in [-0.05, 0) is 18.1 Å². The fraction of sp³-hybridized carbons (Fsp3) is 0.500. The average molecular weight is 235 g/mol. The molecule has 1 aliphatic heterocycles. The van der Waals surface area contributed by atoms with Crippen molar-refractivity contribution in [3.8, 4) is 0 Å². The predicted octanol–water partition coefficient (Wildman–Crippen LogP) is 0.689. The minimum atomic E-state index is -0.151. The zero-order valence-electron chi connectivity index (χ0n) is 9.76. The van der Waals surface area contributed by atoms with Gasteiger partial charge in [0.05, 0.1) is 19.3 Å². The van der Waals surface area contributed by atoms with Gasteiger partial charge in [-0.25, -0.2) is 0 Å². The van der Waals surface area contributed by atoms with Crippen LogP contribution in [0.2, 0.25) is 0 Å². The maximum atomic E-state index is 10.9. The van der Waals surface area contributed by atoms with E-state index in [0.717, 1.165) is 19.6 Å². The first-order valence-corrected chi connectivity index (χ1v) is 5.80. The van der Waals surface area contributed by atoms with Crippen molar-refractivity contribution in [2.45, 2.75) is 18.9 Å². The van der Waals surface area contributed by atoms with Crippen LogP contribution in [0.1, 0.15) is 17.9 Å². The summed E-state index contributed by atoms with van der Waals surface area (Å²) in [6.45, 7) is 6.26. The summed E-state index contributed by atoms with van der Waals surface area (Å²) in [7, 11) is 0. The molecule has 1 saturated heterocycles. The van der Waals surface area contributed by atoms with Gasteiger partial charge in [0.1, 0.15) is 0 Å². The normalized spacial score (nSPS) is 19.2. The number of amides is 1. The molecule has 1 N–H and O–H groups in total. The monoisotopic (exact) mass is 235 g/mol. The number of aromatic nitrogens is 2. The molecule has 92 valence electrons. The summed E-state index contributed by atoms with van der Waals surface area (Å²) in [6, 6.07) is 0. The molecule has 0 aromatic carbocycles. The van der Waals surface area contributed by atoms with Gasteiger partial charge in [0.2, 0.25) is 5.91 Å². The zero-order valence-corrected chi connectivity index (χ0v) is 9.76. The van der Waals surface area contributed by atoms with E-state index in [0.29, 0.717) is 19.0 Å². The Morgan fingerprint density at radius 1 is 1.76 bits per heavy atom. The van der Waals surface area contributed by atoms with Crippen molar-refractivity contribution in [2.24, 2.45) is 0 Å². The molecule has 1 atom stereocenters. The molecule has 2 rings (SSSR count). The van der Waals surface area contributed by atoms with Gasteiger partial charge in [0.25, 0.3) is 0 Å². The maximum Gasteiger partial charge on any atom is 0.243 e. The first-order chi connectivity index (χ1) is 8.29. The molecule has 0 bridgehead atoms. The number of carbonyl (C=O) groups excluding carboxylic acids is 1. The highest BCUT2D eigenvalue weighted by Crippen LogP contribution is 2.24. The van der Waals surface area contributed by atoms with Crippen molar-refractivity contribution in [1.82, 2.24) is 15.1 Å². The Bertz CT molecular complexity index is 394. The van der Waals surface area contributed by atoms with Gasteiger partial charge in [-0.3, -0.25) is 9.48 Å². The van der Waals surface area contributed by atoms with Crippen molar-refractivity contribution in [2.75, 3.05) is 19.8 Å². The molecule has 5 nitrogen and oxygen atoms in total. The van der Waals surface area contributed by atoms with Crippen molar-refractivity contribution in [1.29, 1.82) is 0 Å². The van der Waals surface area contributed by atoms with Crippen molar-refractivity contribution < 1.29 is 9.53 Å². The summed E-state index contributed by atoms with van der Waals surface area (Å²) in [4.78, 5) is 10.9. The molecular formula is C12H17N3O2. The molecule has 1 fully saturated rings. The van der Waals surface area contributed by atoms with E-state index in [2.05, 4.69) is 17.0 Å². The maximum absolute atomic E-state index is 10.9. The predicted molar refractivity (Wildman–Crippen MR) is 63.6 cm³/mol. The third-order valence-corrected chi connectivity index (χ3v) is 2.88. The number of nitrogens with one attached hydrogen (secondary N) is 1. The first kappa shape index (κ1) is 11.9. The Balaban J connectivity index is 1.81. The SMILES string of the molecule is C=CC(=O)NCCn1cc(C2CCOC2)cn1. The lowest BCUT2D eigenvalue weighted by atomic mass is 10.0. The highest BCUT2D eigenvalue weighted by molar-refractivity contribution is 5.86. The number of rotatable bonds is 5. The van der Waals surface area contributed by atoms with Gasteiger partial charge in [-0.2, -0.15) is 5.10 Å². The Kier molecular flexibility index (Phi) is 3.93. The second kappa shape index (κ2) is 5.63. The molecule has 0 radical (unpaired) electrons. The molecule has 2 heterocycles. The molecular weight excluding hydrogens is 218 g/mol. The average Bonchev–Trinajstić information content (AvgIpc) is 2.98. The molecule has 1 amide bonds. The molecule has 1 unspecified atom stereocenters. The zero-order chi connectivity index (χ0) is 12.1. The van der Waals surface area contributed by atoms with E-state index in [4.69, 9.17) is 4.74 Å². The van der Waals surface area contributed by atoms with Crippen LogP contribution in [0.15, 0.2) is 25.0 Å². The van der Waals surface area contributed by atoms with Crippen LogP contribution < -0.4 is 5.32 Å². The van der Waals surface area contributed by atoms with E-state index in [1.54, 1.807) is 0 Å². The van der Waals surface area contributed by atoms with Gasteiger partial charge in [-0.15, -0.1) is 0 Å². The number of nitrogens with zero attached hydrogens (tertiary/aromatic N) is 2. The van der Waals surface area contributed by atoms with E-state index >= 15 is 0 Å². The molecule has 0 aliphatic carbocycles. The van der Waals surface area contributed by atoms with E-state index in [9.17, 15) is 4.79 Å². The van der Waals surface area contributed by atoms with Gasteiger partial charge in [0, 0.05) is 25.3 Å². The number of hydrogen-bond acceptors (Lipinski definition) is 3. The van der Waals surface area contributed by atoms with E-state index in [1.165, 1.54) is 11.6 Å². The highest BCUT2D eigenvalue weighted by atomic mass is 16.5. The first-order valence-electron chi connectivity index (χ1n) is 5.80. The quantitative estimate of drug-likeness (QED) is 0.764. The molecule has 5 heteroatoms. The van der Waals surface area contributed by atoms with Crippen LogP contribution in [-0.4, -0.2) is 35.4 Å². The fourth-order valence-corrected chi connectivity index (χ4v) is 1.88. The minimum absolute atomic E-state index is 0.151. The third kappa shape index (κ3) is 3.17. The lowest BCUT2D eigenvalue weighted by Gasteiger charge is -2.03. The van der Waals surface area contributed by atoms with Crippen LogP contribution >= 0.6 is 0 Å². The smallest absolute Gasteiger partial charge is 0.243 e. The van der Waals surface area contributed by atoms with Crippen LogP contribution in [0.4, 0.5) is 0 Å². The van der Waals surface area contributed by atoms with E-state index in [-0.39, 0.29) is 5.91 Å². The van der Waals surface area contributed by atoms with Crippen LogP contribution in [0.3, 0.4) is 0 Å². The van der Waals surface area contributed by atoms with Gasteiger partial charge >= 0.3 is 0 Å². The van der Waals surface area contributed by atoms with Gasteiger partial charge in [0.15, 0.2) is 0 Å². The number of carbonyl (C=O) groups is 1. The van der Waals surface area contributed by atoms with Crippen LogP contribution in [0, 0.1) is 0 Å². The van der Waals surface area contributed by atoms with Crippen LogP contribution in [0.5, 0.6) is 0 Å². The molecule has 1 aromatic heterocycles. The summed E-state index contributed by atoms with van der Waals surface area (Å²) in [5, 5.41) is 6.98. The van der Waals surface area contributed by atoms with Crippen molar-refractivity contribution in [3.63, 3.8) is 0 Å². The molecule has 1 aliphatic rings. The molecule has 0 saturated carbocycles. The summed E-state index contributed by atoms with van der Waals surface area (Å²) in [5.74, 6) is 0.327. The van der Waals surface area contributed by atoms with Crippen LogP contribution in [0.25, 0.3) is 0 Å². The summed E-state index contributed by atoms with van der Waals surface area (Å²) < 4.78 is 7.19. The minimum Gasteiger partial charge on any atom is -0.381 e. The van der Waals surface area contributed by atoms with Gasteiger partial charge < -0.3 is 10.1 Å². The molecule has 1 aromatic rings. The second-order valence-corrected chi connectivity index (χ2v) is 4.09. The van der Waals surface area contributed by atoms with Gasteiger partial charge in [-0.1, -0.05) is 6.58 Å². The van der Waals surface area contributed by atoms with Crippen LogP contribution in [-0.2, 0) is 16.1 Å². The lowest BCUT2D eigenvalue weighted by molar-refractivity contribution is -0.116. The van der Waals surface area contributed by atoms with E-state index < -0.39 is 0 Å². The fourth-order valence-electron chi connectivity index (χ4n) is 1.88. The lowest BCUT2D eigenvalue weighted by Crippen LogP contribution is -2.25. The Morgan fingerprint density at radius 3 is 3.35 bits per heavy atom. The Labute approximate surface area is 100 Å². The molecule has 0 spiro atoms. The van der Waals surface area contributed by atoms with Crippen molar-refractivity contribution in [3.05, 3.63) is 30.6 Å². The Morgan fingerprint density at radius 2 is 2.65 bits per heavy atom. The Hall–Kier alpha value is -1.62. The highest BCUT2D eigenvalue weighted by Gasteiger charge is 2.18. The molecule has 17 heavy (non-hydrogen) atoms. The largest absolute Gasteiger partial charge is 0.381 e. The summed E-state index contributed by atoms with van der Waals surface area (Å²) in [5.41, 5.74) is 1.22. The van der Waals surface area contributed by atoms with E-state index in [1.807, 2.05) is 17.1 Å². The number of ether oxygens (including phenoxy) is 1. The standard InChI is InChI=1S/C12H17N3O2/c1-2-12(16)13-4-5-15-8-11(7-14-15)10-3-6-17-9-10/h2,7-8,10H,1,3-6,9H2,(H,13,16). The topological polar surface area (TPSA) is 56.2 Å². The summed E-state index contributed by atoms with van der Waals surface area (Å²) in [6.07, 6.45) is 6.25. The third-order valence-electron chi connectivity index (χ3n) is 2.88. The second-order valence-electron chi connectivity index (χ2n) is 4.09. The van der Waals surface area contributed by atoms with Crippen molar-refractivity contribution >= 4 is 5.91 Å². The number of hydrogen-bond donors (Lipinski definition) is 1.